The van der Waals surface area contributed by atoms with Crippen molar-refractivity contribution in [3.05, 3.63) is 71.6 Å². The van der Waals surface area contributed by atoms with Gasteiger partial charge in [0.2, 0.25) is 11.8 Å². The molecule has 3 aliphatic heterocycles. The average molecular weight is 1200 g/mol. The number of aromatic nitrogens is 6. The van der Waals surface area contributed by atoms with E-state index in [1.54, 1.807) is 29.1 Å². The third kappa shape index (κ3) is 17.5. The van der Waals surface area contributed by atoms with Crippen LogP contribution in [0.25, 0.3) is 22.2 Å². The molecule has 8 N–H and O–H groups in total. The lowest BCUT2D eigenvalue weighted by Gasteiger charge is -2.46. The number of H-pyrrole nitrogens is 1. The van der Waals surface area contributed by atoms with Gasteiger partial charge in [-0.3, -0.25) is 38.9 Å². The molecule has 2 aromatic carbocycles. The number of hydrogen-bond acceptors (Lipinski definition) is 16. The lowest BCUT2D eigenvalue weighted by Crippen LogP contribution is -2.54. The smallest absolute Gasteiger partial charge is 0.264 e. The Morgan fingerprint density at radius 3 is 2.00 bits per heavy atom. The first-order valence-electron chi connectivity index (χ1n) is 33.3. The summed E-state index contributed by atoms with van der Waals surface area (Å²) in [7, 11) is 0. The Morgan fingerprint density at radius 2 is 1.36 bits per heavy atom. The van der Waals surface area contributed by atoms with E-state index in [-0.39, 0.29) is 30.2 Å². The number of anilines is 2. The summed E-state index contributed by atoms with van der Waals surface area (Å²) in [6, 6.07) is 11.4. The number of carbonyl (C=O) groups is 4. The Kier molecular flexibility index (Phi) is 24.1. The Bertz CT molecular complexity index is 3020. The molecule has 20 nitrogen and oxygen atoms in total. The minimum Gasteiger partial charge on any atom is -0.387 e. The van der Waals surface area contributed by atoms with Crippen LogP contribution < -0.4 is 26.6 Å². The first kappa shape index (κ1) is 65.5. The first-order chi connectivity index (χ1) is 42.2. The van der Waals surface area contributed by atoms with Crippen LogP contribution in [0.5, 0.6) is 0 Å². The topological polar surface area (TPSA) is 257 Å². The minimum atomic E-state index is -1.13. The van der Waals surface area contributed by atoms with Crippen molar-refractivity contribution in [1.29, 1.82) is 0 Å². The molecule has 0 bridgehead atoms. The second-order valence-electron chi connectivity index (χ2n) is 26.5. The van der Waals surface area contributed by atoms with E-state index in [0.29, 0.717) is 58.8 Å². The number of aryl methyl sites for hydroxylation is 1. The molecule has 0 spiro atoms. The maximum absolute atomic E-state index is 13.3. The number of imide groups is 2. The highest BCUT2D eigenvalue weighted by Crippen LogP contribution is 2.39. The number of aromatic amines is 1. The van der Waals surface area contributed by atoms with E-state index >= 15 is 0 Å². The molecule has 87 heavy (non-hydrogen) atoms. The number of aliphatic hydroxyl groups is 2. The lowest BCUT2D eigenvalue weighted by molar-refractivity contribution is -0.136. The molecule has 3 aromatic heterocycles. The van der Waals surface area contributed by atoms with Crippen LogP contribution in [-0.4, -0.2) is 155 Å². The van der Waals surface area contributed by atoms with Gasteiger partial charge in [0, 0.05) is 50.2 Å². The zero-order valence-corrected chi connectivity index (χ0v) is 52.7. The Hall–Kier alpha value is -5.90. The Balaban J connectivity index is 0.535. The van der Waals surface area contributed by atoms with Crippen LogP contribution in [0.1, 0.15) is 221 Å². The number of fused-ring (bicyclic) bond motifs is 3. The number of amides is 4. The molecule has 1 saturated carbocycles. The van der Waals surface area contributed by atoms with E-state index in [4.69, 9.17) is 9.72 Å². The summed E-state index contributed by atoms with van der Waals surface area (Å²) in [6.07, 6.45) is 26.0. The van der Waals surface area contributed by atoms with Gasteiger partial charge >= 0.3 is 0 Å². The van der Waals surface area contributed by atoms with Gasteiger partial charge in [0.15, 0.2) is 23.2 Å². The molecule has 2 unspecified atom stereocenters. The van der Waals surface area contributed by atoms with Gasteiger partial charge in [-0.05, 0) is 145 Å². The number of hydrogen-bond donors (Lipinski definition) is 8. The molecule has 5 aromatic rings. The maximum Gasteiger partial charge on any atom is 0.264 e. The minimum absolute atomic E-state index is 0.0934. The third-order valence-electron chi connectivity index (χ3n) is 18.5. The quantitative estimate of drug-likeness (QED) is 0.0135. The fourth-order valence-electron chi connectivity index (χ4n) is 13.2. The van der Waals surface area contributed by atoms with E-state index in [0.717, 1.165) is 112 Å². The molecule has 4 amide bonds. The predicted molar refractivity (Wildman–Crippen MR) is 342 cm³/mol. The van der Waals surface area contributed by atoms with Gasteiger partial charge in [0.25, 0.3) is 11.8 Å². The van der Waals surface area contributed by atoms with Gasteiger partial charge in [0.05, 0.1) is 28.5 Å². The number of rotatable bonds is 38. The summed E-state index contributed by atoms with van der Waals surface area (Å²) in [5.74, 6) is 0.378. The highest BCUT2D eigenvalue weighted by molar-refractivity contribution is 6.25. The molecule has 2 saturated heterocycles. The molecule has 476 valence electrons. The lowest BCUT2D eigenvalue weighted by atomic mass is 9.76. The number of ether oxygens (including phenoxy) is 1. The maximum atomic E-state index is 13.3. The number of piperidine rings is 1. The van der Waals surface area contributed by atoms with Crippen molar-refractivity contribution in [1.82, 2.24) is 55.2 Å². The average Bonchev–Trinajstić information content (AvgIpc) is 1.83. The van der Waals surface area contributed by atoms with Gasteiger partial charge in [0.1, 0.15) is 36.5 Å². The summed E-state index contributed by atoms with van der Waals surface area (Å²) < 4.78 is 8.21. The summed E-state index contributed by atoms with van der Waals surface area (Å²) in [4.78, 5) is 76.0. The van der Waals surface area contributed by atoms with Crippen LogP contribution >= 0.6 is 0 Å². The second kappa shape index (κ2) is 32.0. The van der Waals surface area contributed by atoms with Crippen LogP contribution in [0.4, 0.5) is 11.5 Å². The number of imidazole rings is 2. The first-order valence-corrected chi connectivity index (χ1v) is 33.3. The summed E-state index contributed by atoms with van der Waals surface area (Å²) in [6.45, 7) is 17.3. The van der Waals surface area contributed by atoms with Crippen molar-refractivity contribution in [2.24, 2.45) is 5.92 Å². The zero-order chi connectivity index (χ0) is 61.3. The number of nitrogens with zero attached hydrogens (tertiary/aromatic N) is 7. The molecular weight excluding hydrogens is 1100 g/mol. The number of aliphatic hydroxyl groups excluding tert-OH is 2. The number of unbranched alkanes of at least 4 members (excludes halogenated alkanes) is 15. The Morgan fingerprint density at radius 1 is 0.736 bits per heavy atom. The molecule has 3 fully saturated rings. The van der Waals surface area contributed by atoms with Crippen LogP contribution in [0.15, 0.2) is 49.1 Å². The van der Waals surface area contributed by atoms with Crippen LogP contribution in [0.3, 0.4) is 0 Å². The standard InChI is InChI=1S/C67H101N13O7/c1-45(2)78(48-39-46(40-48)27-31-55-75-50-29-28-47(67(3,4)5)41-52(50)76-55)42-54-59(82)60(83)66(87-54)79-44-74-58-61(72-43-73-62(58)79)71-38-23-22-36-69-35-19-15-11-9-7-6-8-10-14-18-33-68-34-20-16-12-13-17-21-37-70-51-26-24-25-49-57(51)65(86)80(64(49)85)53-30-32-56(81)77-63(53)84/h24-26,28-29,41,43-46,48,53-54,59-60,66,68-70,82-83H,6-23,27,30-40,42H2,1-5H3,(H,75,76)(H,71,72,73)(H,77,81,84)/t46?,48?,53?,54-,59?,60+,66-/m1/s1. The highest BCUT2D eigenvalue weighted by Gasteiger charge is 2.48. The van der Waals surface area contributed by atoms with Crippen molar-refractivity contribution in [2.45, 2.75) is 237 Å². The highest BCUT2D eigenvalue weighted by atomic mass is 16.6. The van der Waals surface area contributed by atoms with Crippen molar-refractivity contribution in [3.8, 4) is 0 Å². The van der Waals surface area contributed by atoms with E-state index in [1.165, 1.54) is 95.4 Å². The number of carbonyl (C=O) groups excluding carboxylic acids is 4. The van der Waals surface area contributed by atoms with Crippen LogP contribution in [0, 0.1) is 5.92 Å². The predicted octanol–water partition coefficient (Wildman–Crippen LogP) is 9.87. The van der Waals surface area contributed by atoms with E-state index < -0.39 is 48.3 Å². The molecular formula is C67H101N13O7. The number of nitrogens with one attached hydrogen (secondary N) is 6. The molecule has 5 atom stereocenters. The molecule has 1 aliphatic carbocycles. The van der Waals surface area contributed by atoms with Gasteiger partial charge in [-0.2, -0.15) is 0 Å². The molecule has 0 radical (unpaired) electrons. The third-order valence-corrected chi connectivity index (χ3v) is 18.5. The second-order valence-corrected chi connectivity index (χ2v) is 26.5. The largest absolute Gasteiger partial charge is 0.387 e. The summed E-state index contributed by atoms with van der Waals surface area (Å²) >= 11 is 0. The zero-order valence-electron chi connectivity index (χ0n) is 52.7. The Labute approximate surface area is 515 Å². The van der Waals surface area contributed by atoms with Crippen molar-refractivity contribution in [3.63, 3.8) is 0 Å². The summed E-state index contributed by atoms with van der Waals surface area (Å²) in [5, 5.41) is 39.0. The van der Waals surface area contributed by atoms with Gasteiger partial charge < -0.3 is 41.2 Å². The molecule has 4 aliphatic rings. The van der Waals surface area contributed by atoms with Crippen molar-refractivity contribution >= 4 is 57.3 Å². The van der Waals surface area contributed by atoms with E-state index in [2.05, 4.69) is 104 Å². The fourth-order valence-corrected chi connectivity index (χ4v) is 13.2. The number of benzene rings is 2. The van der Waals surface area contributed by atoms with Crippen LogP contribution in [0.2, 0.25) is 0 Å². The van der Waals surface area contributed by atoms with Crippen LogP contribution in [-0.2, 0) is 26.2 Å². The van der Waals surface area contributed by atoms with Crippen molar-refractivity contribution < 1.29 is 34.1 Å². The monoisotopic (exact) mass is 1200 g/mol. The normalized spacial score (nSPS) is 21.5. The molecule has 20 heteroatoms. The molecule has 6 heterocycles. The van der Waals surface area contributed by atoms with Crippen molar-refractivity contribution in [2.75, 3.05) is 56.4 Å². The van der Waals surface area contributed by atoms with E-state index in [9.17, 15) is 29.4 Å². The fraction of sp³-hybridized carbons (Fsp3) is 0.672. The SMILES string of the molecule is CC(C)N(C[C@H]1O[C@@H](n2cnc3c(NCCCCNCCCCCCCCCCCCNCCCCCCCCNc4cccc5c4C(=O)N(C4CCC(=O)NC4=O)C5=O)ncnc32)[C@@H](O)C1O)C1CC(CCc2nc3ccc(C(C)(C)C)cc3[nH]2)C1. The van der Waals surface area contributed by atoms with Gasteiger partial charge in [-0.1, -0.05) is 110 Å². The van der Waals surface area contributed by atoms with E-state index in [1.807, 2.05) is 0 Å². The summed E-state index contributed by atoms with van der Waals surface area (Å²) in [5.41, 5.74) is 5.94. The van der Waals surface area contributed by atoms with Gasteiger partial charge in [-0.15, -0.1) is 0 Å². The molecule has 9 rings (SSSR count). The van der Waals surface area contributed by atoms with Gasteiger partial charge in [-0.25, -0.2) is 19.9 Å².